The molecule has 0 aliphatic carbocycles. The summed E-state index contributed by atoms with van der Waals surface area (Å²) in [7, 11) is 1.61. The predicted molar refractivity (Wildman–Crippen MR) is 104 cm³/mol. The Morgan fingerprint density at radius 2 is 1.93 bits per heavy atom. The minimum atomic E-state index is -1.47. The van der Waals surface area contributed by atoms with Gasteiger partial charge in [-0.25, -0.2) is 4.79 Å². The molecule has 2 saturated heterocycles. The number of hydrogen-bond acceptors (Lipinski definition) is 8. The first-order chi connectivity index (χ1) is 12.9. The fourth-order valence-corrected chi connectivity index (χ4v) is 4.73. The summed E-state index contributed by atoms with van der Waals surface area (Å²) in [4.78, 5) is 23.6. The third-order valence-corrected chi connectivity index (χ3v) is 6.25. The Labute approximate surface area is 164 Å². The molecule has 10 heteroatoms. The highest BCUT2D eigenvalue weighted by Crippen LogP contribution is 2.33. The number of urea groups is 1. The van der Waals surface area contributed by atoms with Gasteiger partial charge in [0, 0.05) is 24.5 Å². The van der Waals surface area contributed by atoms with Crippen molar-refractivity contribution in [3.8, 4) is 0 Å². The van der Waals surface area contributed by atoms with Crippen molar-refractivity contribution in [2.24, 2.45) is 11.5 Å². The van der Waals surface area contributed by atoms with Crippen LogP contribution >= 0.6 is 11.8 Å². The number of carbonyl (C=O) groups excluding carboxylic acids is 2. The lowest BCUT2D eigenvalue weighted by Gasteiger charge is -2.23. The molecule has 0 radical (unpaired) electrons. The fraction of sp³-hybridized carbons (Fsp3) is 0.882. The van der Waals surface area contributed by atoms with Gasteiger partial charge in [-0.1, -0.05) is 6.42 Å². The highest BCUT2D eigenvalue weighted by atomic mass is 32.2. The molecular weight excluding hydrogens is 372 g/mol. The molecule has 0 saturated carbocycles. The molecule has 2 fully saturated rings. The average molecular weight is 405 g/mol. The van der Waals surface area contributed by atoms with Crippen LogP contribution in [0.1, 0.15) is 25.7 Å². The second kappa shape index (κ2) is 11.2. The number of ketones is 1. The SMILES string of the molecule is COCCOCCOCC(N)(N)C(=O)CCCC[C@@H]1SC[C@@H]2NC(=O)N[C@@H]21. The van der Waals surface area contributed by atoms with Crippen molar-refractivity contribution in [1.82, 2.24) is 10.6 Å². The molecule has 27 heavy (non-hydrogen) atoms. The number of thioether (sulfide) groups is 1. The molecule has 0 bridgehead atoms. The second-order valence-corrected chi connectivity index (χ2v) is 8.26. The zero-order chi connectivity index (χ0) is 19.7. The summed E-state index contributed by atoms with van der Waals surface area (Å²) < 4.78 is 15.5. The predicted octanol–water partition coefficient (Wildman–Crippen LogP) is -0.425. The number of unbranched alkanes of at least 4 members (excludes halogenated alkanes) is 1. The largest absolute Gasteiger partial charge is 0.382 e. The van der Waals surface area contributed by atoms with Crippen LogP contribution in [0.5, 0.6) is 0 Å². The highest BCUT2D eigenvalue weighted by Gasteiger charge is 2.42. The first-order valence-corrected chi connectivity index (χ1v) is 10.4. The van der Waals surface area contributed by atoms with Gasteiger partial charge < -0.3 is 36.3 Å². The summed E-state index contributed by atoms with van der Waals surface area (Å²) in [6.45, 7) is 1.73. The number of Topliss-reactive ketones (excluding diaryl/α,β-unsaturated/α-hetero) is 1. The van der Waals surface area contributed by atoms with E-state index in [1.807, 2.05) is 11.8 Å². The summed E-state index contributed by atoms with van der Waals surface area (Å²) in [6.07, 6.45) is 2.91. The highest BCUT2D eigenvalue weighted by molar-refractivity contribution is 8.00. The lowest BCUT2D eigenvalue weighted by molar-refractivity contribution is -0.126. The summed E-state index contributed by atoms with van der Waals surface area (Å²) >= 11 is 1.87. The molecule has 2 aliphatic rings. The van der Waals surface area contributed by atoms with Gasteiger partial charge in [0.1, 0.15) is 5.66 Å². The minimum Gasteiger partial charge on any atom is -0.382 e. The van der Waals surface area contributed by atoms with E-state index in [-0.39, 0.29) is 30.5 Å². The smallest absolute Gasteiger partial charge is 0.315 e. The van der Waals surface area contributed by atoms with E-state index >= 15 is 0 Å². The number of rotatable bonds is 14. The second-order valence-electron chi connectivity index (χ2n) is 6.99. The summed E-state index contributed by atoms with van der Waals surface area (Å²) in [5, 5.41) is 6.29. The molecule has 156 valence electrons. The third-order valence-electron chi connectivity index (χ3n) is 4.74. The van der Waals surface area contributed by atoms with E-state index in [0.717, 1.165) is 25.0 Å². The van der Waals surface area contributed by atoms with Crippen LogP contribution in [0, 0.1) is 0 Å². The number of methoxy groups -OCH3 is 1. The van der Waals surface area contributed by atoms with Gasteiger partial charge in [-0.2, -0.15) is 11.8 Å². The summed E-state index contributed by atoms with van der Waals surface area (Å²) in [5.41, 5.74) is 10.3. The van der Waals surface area contributed by atoms with Crippen LogP contribution in [0.25, 0.3) is 0 Å². The average Bonchev–Trinajstić information content (AvgIpc) is 3.17. The zero-order valence-corrected chi connectivity index (χ0v) is 16.7. The van der Waals surface area contributed by atoms with Crippen molar-refractivity contribution in [3.63, 3.8) is 0 Å². The molecule has 0 spiro atoms. The van der Waals surface area contributed by atoms with Gasteiger partial charge in [0.25, 0.3) is 0 Å². The maximum absolute atomic E-state index is 12.2. The van der Waals surface area contributed by atoms with Gasteiger partial charge in [-0.15, -0.1) is 0 Å². The number of ether oxygens (including phenoxy) is 3. The Kier molecular flexibility index (Phi) is 9.27. The zero-order valence-electron chi connectivity index (χ0n) is 15.9. The lowest BCUT2D eigenvalue weighted by Crippen LogP contribution is -2.60. The maximum Gasteiger partial charge on any atom is 0.315 e. The Morgan fingerprint density at radius 3 is 2.70 bits per heavy atom. The van der Waals surface area contributed by atoms with Crippen LogP contribution in [0.4, 0.5) is 4.79 Å². The van der Waals surface area contributed by atoms with E-state index in [4.69, 9.17) is 25.7 Å². The molecular formula is C17H32N4O5S. The number of carbonyl (C=O) groups is 2. The van der Waals surface area contributed by atoms with Crippen molar-refractivity contribution in [1.29, 1.82) is 0 Å². The number of nitrogens with two attached hydrogens (primary N) is 2. The molecule has 0 aromatic rings. The van der Waals surface area contributed by atoms with Crippen LogP contribution in [0.15, 0.2) is 0 Å². The normalized spacial score (nSPS) is 24.6. The van der Waals surface area contributed by atoms with E-state index < -0.39 is 5.66 Å². The fourth-order valence-electron chi connectivity index (χ4n) is 3.19. The van der Waals surface area contributed by atoms with Crippen LogP contribution in [-0.2, 0) is 19.0 Å². The van der Waals surface area contributed by atoms with E-state index in [9.17, 15) is 9.59 Å². The van der Waals surface area contributed by atoms with Crippen LogP contribution < -0.4 is 22.1 Å². The molecule has 0 unspecified atom stereocenters. The summed E-state index contributed by atoms with van der Waals surface area (Å²) in [5.74, 6) is 0.740. The Balaban J connectivity index is 1.54. The van der Waals surface area contributed by atoms with Crippen molar-refractivity contribution in [2.75, 3.05) is 45.9 Å². The molecule has 2 aliphatic heterocycles. The van der Waals surface area contributed by atoms with Gasteiger partial charge in [0.2, 0.25) is 0 Å². The van der Waals surface area contributed by atoms with Crippen molar-refractivity contribution in [3.05, 3.63) is 0 Å². The topological polar surface area (TPSA) is 138 Å². The van der Waals surface area contributed by atoms with Gasteiger partial charge >= 0.3 is 6.03 Å². The molecule has 3 atom stereocenters. The molecule has 2 heterocycles. The van der Waals surface area contributed by atoms with Crippen molar-refractivity contribution in [2.45, 2.75) is 48.7 Å². The maximum atomic E-state index is 12.2. The molecule has 2 rings (SSSR count). The quantitative estimate of drug-likeness (QED) is 0.174. The van der Waals surface area contributed by atoms with Gasteiger partial charge in [0.15, 0.2) is 5.78 Å². The number of hydrogen-bond donors (Lipinski definition) is 4. The Morgan fingerprint density at radius 1 is 1.19 bits per heavy atom. The van der Waals surface area contributed by atoms with Crippen molar-refractivity contribution < 1.29 is 23.8 Å². The van der Waals surface area contributed by atoms with Crippen LogP contribution in [-0.4, -0.2) is 80.7 Å². The van der Waals surface area contributed by atoms with Gasteiger partial charge in [-0.05, 0) is 12.8 Å². The molecule has 0 aromatic carbocycles. The summed E-state index contributed by atoms with van der Waals surface area (Å²) in [6, 6.07) is 0.344. The first-order valence-electron chi connectivity index (χ1n) is 9.38. The molecule has 9 nitrogen and oxygen atoms in total. The van der Waals surface area contributed by atoms with E-state index in [2.05, 4.69) is 10.6 Å². The Hall–Kier alpha value is -0.910. The van der Waals surface area contributed by atoms with E-state index in [1.54, 1.807) is 7.11 Å². The molecule has 0 aromatic heterocycles. The lowest BCUT2D eigenvalue weighted by atomic mass is 9.99. The van der Waals surface area contributed by atoms with Crippen LogP contribution in [0.3, 0.4) is 0 Å². The first kappa shape index (κ1) is 22.4. The number of nitrogens with one attached hydrogen (secondary N) is 2. The van der Waals surface area contributed by atoms with Crippen LogP contribution in [0.2, 0.25) is 0 Å². The molecule has 2 amide bonds. The monoisotopic (exact) mass is 404 g/mol. The third kappa shape index (κ3) is 7.20. The minimum absolute atomic E-state index is 0.0284. The van der Waals surface area contributed by atoms with E-state index in [1.165, 1.54) is 0 Å². The van der Waals surface area contributed by atoms with Crippen molar-refractivity contribution >= 4 is 23.6 Å². The van der Waals surface area contributed by atoms with Gasteiger partial charge in [0.05, 0.1) is 45.1 Å². The Bertz CT molecular complexity index is 494. The number of amides is 2. The standard InChI is InChI=1S/C17H32N4O5S/c1-24-6-7-25-8-9-26-11-17(18,19)14(22)5-3-2-4-13-15-12(10-27-13)20-16(23)21-15/h12-13,15H,2-11,18-19H2,1H3,(H2,20,21,23)/t12-,13-,15-/m0/s1. The van der Waals surface area contributed by atoms with E-state index in [0.29, 0.717) is 38.1 Å². The molecule has 6 N–H and O–H groups in total. The van der Waals surface area contributed by atoms with Gasteiger partial charge in [-0.3, -0.25) is 4.79 Å². The number of fused-ring (bicyclic) bond motifs is 1.